The number of nitrogens with zero attached hydrogens (tertiary/aromatic N) is 2. The van der Waals surface area contributed by atoms with Gasteiger partial charge in [-0.15, -0.1) is 0 Å². The molecule has 3 N–H and O–H groups in total. The molecule has 0 atom stereocenters. The molecule has 2 rings (SSSR count). The number of aromatic nitrogens is 2. The molecule has 0 aliphatic heterocycles. The molecule has 0 saturated carbocycles. The first-order chi connectivity index (χ1) is 8.79. The molecule has 0 amide bonds. The van der Waals surface area contributed by atoms with E-state index < -0.39 is 10.0 Å². The lowest BCUT2D eigenvalue weighted by molar-refractivity contribution is 0.429. The molecule has 1 aromatic carbocycles. The molecule has 1 heterocycles. The van der Waals surface area contributed by atoms with Crippen LogP contribution in [0.2, 0.25) is 5.02 Å². The van der Waals surface area contributed by atoms with Gasteiger partial charge in [0.15, 0.2) is 5.82 Å². The number of nitrogens with two attached hydrogens (primary N) is 1. The lowest BCUT2D eigenvalue weighted by Crippen LogP contribution is -2.14. The number of halogens is 1. The lowest BCUT2D eigenvalue weighted by Gasteiger charge is -2.08. The van der Waals surface area contributed by atoms with Crippen molar-refractivity contribution in [3.63, 3.8) is 0 Å². The van der Waals surface area contributed by atoms with Gasteiger partial charge in [-0.25, -0.2) is 13.1 Å². The Balaban J connectivity index is 2.42. The first-order valence-corrected chi connectivity index (χ1v) is 7.04. The van der Waals surface area contributed by atoms with E-state index in [0.29, 0.717) is 17.1 Å². The molecule has 0 aliphatic carbocycles. The van der Waals surface area contributed by atoms with Gasteiger partial charge in [0.05, 0.1) is 5.02 Å². The zero-order valence-corrected chi connectivity index (χ0v) is 11.7. The van der Waals surface area contributed by atoms with E-state index in [9.17, 15) is 8.42 Å². The molecule has 0 radical (unpaired) electrons. The molecule has 9 heteroatoms. The normalized spacial score (nSPS) is 11.5. The maximum atomic E-state index is 12.1. The van der Waals surface area contributed by atoms with Gasteiger partial charge in [-0.1, -0.05) is 16.8 Å². The van der Waals surface area contributed by atoms with E-state index in [1.165, 1.54) is 12.1 Å². The van der Waals surface area contributed by atoms with Crippen molar-refractivity contribution >= 4 is 33.3 Å². The van der Waals surface area contributed by atoms with Crippen molar-refractivity contribution in [1.29, 1.82) is 0 Å². The van der Waals surface area contributed by atoms with Gasteiger partial charge in [-0.2, -0.15) is 4.98 Å². The summed E-state index contributed by atoms with van der Waals surface area (Å²) in [5, 5.41) is 3.54. The minimum Gasteiger partial charge on any atom is -0.398 e. The van der Waals surface area contributed by atoms with Gasteiger partial charge in [0, 0.05) is 5.69 Å². The molecule has 2 aromatic rings. The Morgan fingerprint density at radius 1 is 1.37 bits per heavy atom. The fourth-order valence-electron chi connectivity index (χ4n) is 1.38. The Bertz CT molecular complexity index is 726. The lowest BCUT2D eigenvalue weighted by atomic mass is 10.2. The summed E-state index contributed by atoms with van der Waals surface area (Å²) in [6, 6.07) is 2.53. The molecule has 0 unspecified atom stereocenters. The van der Waals surface area contributed by atoms with Crippen molar-refractivity contribution in [3.05, 3.63) is 28.5 Å². The number of nitrogen functional groups attached to an aromatic ring is 1. The molecular formula is C10H11ClN4O3S. The van der Waals surface area contributed by atoms with Crippen molar-refractivity contribution in [2.24, 2.45) is 0 Å². The molecule has 0 aliphatic rings. The summed E-state index contributed by atoms with van der Waals surface area (Å²) in [5.74, 6) is 0.312. The largest absolute Gasteiger partial charge is 0.398 e. The highest BCUT2D eigenvalue weighted by molar-refractivity contribution is 7.92. The van der Waals surface area contributed by atoms with E-state index in [1.807, 2.05) is 0 Å². The summed E-state index contributed by atoms with van der Waals surface area (Å²) in [6.07, 6.45) is 0. The van der Waals surface area contributed by atoms with Crippen LogP contribution in [0.15, 0.2) is 21.6 Å². The van der Waals surface area contributed by atoms with E-state index in [-0.39, 0.29) is 15.9 Å². The minimum absolute atomic E-state index is 0.0652. The topological polar surface area (TPSA) is 111 Å². The number of hydrogen-bond donors (Lipinski definition) is 2. The quantitative estimate of drug-likeness (QED) is 0.835. The molecule has 7 nitrogen and oxygen atoms in total. The second-order valence-electron chi connectivity index (χ2n) is 3.89. The number of benzene rings is 1. The third kappa shape index (κ3) is 2.79. The third-order valence-corrected chi connectivity index (χ3v) is 4.14. The standard InChI is InChI=1S/C10H11ClN4O3S/c1-5-3-7(11)9(4-8(5)12)19(16,17)15-10-13-6(2)14-18-10/h3-4H,12H2,1-2H3,(H,13,14,15). The summed E-state index contributed by atoms with van der Waals surface area (Å²) in [6.45, 7) is 3.30. The van der Waals surface area contributed by atoms with E-state index >= 15 is 0 Å². The number of hydrogen-bond acceptors (Lipinski definition) is 6. The van der Waals surface area contributed by atoms with Crippen LogP contribution in [0.4, 0.5) is 11.7 Å². The van der Waals surface area contributed by atoms with Crippen molar-refractivity contribution in [2.75, 3.05) is 10.5 Å². The molecule has 0 spiro atoms. The van der Waals surface area contributed by atoms with Gasteiger partial charge in [0.2, 0.25) is 0 Å². The molecular weight excluding hydrogens is 292 g/mol. The number of nitrogens with one attached hydrogen (secondary N) is 1. The van der Waals surface area contributed by atoms with Crippen molar-refractivity contribution in [1.82, 2.24) is 10.1 Å². The van der Waals surface area contributed by atoms with Crippen LogP contribution < -0.4 is 10.5 Å². The van der Waals surface area contributed by atoms with Gasteiger partial charge in [0.1, 0.15) is 4.90 Å². The number of anilines is 2. The van der Waals surface area contributed by atoms with Crippen molar-refractivity contribution in [2.45, 2.75) is 18.7 Å². The molecule has 1 aromatic heterocycles. The zero-order valence-electron chi connectivity index (χ0n) is 10.1. The van der Waals surface area contributed by atoms with E-state index in [0.717, 1.165) is 0 Å². The SMILES string of the molecule is Cc1noc(NS(=O)(=O)c2cc(N)c(C)cc2Cl)n1. The maximum Gasteiger partial charge on any atom is 0.335 e. The van der Waals surface area contributed by atoms with Gasteiger partial charge < -0.3 is 10.3 Å². The second-order valence-corrected chi connectivity index (χ2v) is 5.95. The van der Waals surface area contributed by atoms with E-state index in [1.54, 1.807) is 13.8 Å². The van der Waals surface area contributed by atoms with E-state index in [4.69, 9.17) is 17.3 Å². The average molecular weight is 303 g/mol. The molecule has 0 bridgehead atoms. The highest BCUT2D eigenvalue weighted by atomic mass is 35.5. The number of rotatable bonds is 3. The third-order valence-electron chi connectivity index (χ3n) is 2.36. The number of sulfonamides is 1. The van der Waals surface area contributed by atoms with Gasteiger partial charge >= 0.3 is 6.01 Å². The van der Waals surface area contributed by atoms with Crippen LogP contribution in [0.1, 0.15) is 11.4 Å². The Morgan fingerprint density at radius 3 is 2.63 bits per heavy atom. The second kappa shape index (κ2) is 4.71. The average Bonchev–Trinajstić information content (AvgIpc) is 2.68. The smallest absolute Gasteiger partial charge is 0.335 e. The summed E-state index contributed by atoms with van der Waals surface area (Å²) in [4.78, 5) is 3.60. The Labute approximate surface area is 114 Å². The Hall–Kier alpha value is -1.80. The van der Waals surface area contributed by atoms with Crippen LogP contribution in [0.5, 0.6) is 0 Å². The first kappa shape index (κ1) is 13.6. The van der Waals surface area contributed by atoms with Crippen LogP contribution in [0.3, 0.4) is 0 Å². The predicted octanol–water partition coefficient (Wildman–Crippen LogP) is 1.72. The monoisotopic (exact) mass is 302 g/mol. The fourth-order valence-corrected chi connectivity index (χ4v) is 2.93. The van der Waals surface area contributed by atoms with Gasteiger partial charge in [-0.05, 0) is 31.5 Å². The van der Waals surface area contributed by atoms with Crippen LogP contribution >= 0.6 is 11.6 Å². The minimum atomic E-state index is -3.93. The molecule has 0 fully saturated rings. The van der Waals surface area contributed by atoms with Crippen LogP contribution in [-0.2, 0) is 10.0 Å². The number of aryl methyl sites for hydroxylation is 2. The fraction of sp³-hybridized carbons (Fsp3) is 0.200. The summed E-state index contributed by atoms with van der Waals surface area (Å²) < 4.78 is 31.1. The maximum absolute atomic E-state index is 12.1. The first-order valence-electron chi connectivity index (χ1n) is 5.18. The highest BCUT2D eigenvalue weighted by Gasteiger charge is 2.21. The zero-order chi connectivity index (χ0) is 14.2. The van der Waals surface area contributed by atoms with Crippen molar-refractivity contribution in [3.8, 4) is 0 Å². The van der Waals surface area contributed by atoms with Gasteiger partial charge in [0.25, 0.3) is 10.0 Å². The Kier molecular flexibility index (Phi) is 3.38. The Morgan fingerprint density at radius 2 is 2.05 bits per heavy atom. The summed E-state index contributed by atoms with van der Waals surface area (Å²) in [5.41, 5.74) is 6.70. The molecule has 0 saturated heterocycles. The summed E-state index contributed by atoms with van der Waals surface area (Å²) >= 11 is 5.92. The van der Waals surface area contributed by atoms with Crippen LogP contribution in [-0.4, -0.2) is 18.6 Å². The van der Waals surface area contributed by atoms with Gasteiger partial charge in [-0.3, -0.25) is 0 Å². The van der Waals surface area contributed by atoms with Crippen LogP contribution in [0.25, 0.3) is 0 Å². The van der Waals surface area contributed by atoms with Crippen molar-refractivity contribution < 1.29 is 12.9 Å². The summed E-state index contributed by atoms with van der Waals surface area (Å²) in [7, 11) is -3.93. The van der Waals surface area contributed by atoms with E-state index in [2.05, 4.69) is 19.4 Å². The molecule has 102 valence electrons. The predicted molar refractivity (Wildman–Crippen MR) is 70.4 cm³/mol. The van der Waals surface area contributed by atoms with Crippen LogP contribution in [0, 0.1) is 13.8 Å². The molecule has 19 heavy (non-hydrogen) atoms. The highest BCUT2D eigenvalue weighted by Crippen LogP contribution is 2.27.